The van der Waals surface area contributed by atoms with E-state index < -0.39 is 0 Å². The van der Waals surface area contributed by atoms with Crippen molar-refractivity contribution in [2.45, 2.75) is 50.6 Å². The highest BCUT2D eigenvalue weighted by atomic mass is 16.5. The van der Waals surface area contributed by atoms with Gasteiger partial charge in [0.2, 0.25) is 5.91 Å². The Balaban J connectivity index is 1.61. The van der Waals surface area contributed by atoms with Gasteiger partial charge in [0.05, 0.1) is 13.5 Å². The molecule has 3 N–H and O–H groups in total. The maximum absolute atomic E-state index is 12.4. The molecule has 2 unspecified atom stereocenters. The Kier molecular flexibility index (Phi) is 4.67. The predicted molar refractivity (Wildman–Crippen MR) is 86.7 cm³/mol. The number of hydrogen-bond acceptors (Lipinski definition) is 3. The molecule has 3 rings (SSSR count). The fourth-order valence-corrected chi connectivity index (χ4v) is 4.23. The van der Waals surface area contributed by atoms with Crippen LogP contribution in [0.3, 0.4) is 0 Å². The zero-order valence-electron chi connectivity index (χ0n) is 13.3. The van der Waals surface area contributed by atoms with Crippen LogP contribution in [0.15, 0.2) is 24.3 Å². The minimum absolute atomic E-state index is 0.116. The van der Waals surface area contributed by atoms with Crippen molar-refractivity contribution in [2.24, 2.45) is 17.6 Å². The van der Waals surface area contributed by atoms with Crippen LogP contribution in [-0.4, -0.2) is 25.1 Å². The van der Waals surface area contributed by atoms with E-state index in [0.717, 1.165) is 24.2 Å². The highest BCUT2D eigenvalue weighted by molar-refractivity contribution is 5.79. The van der Waals surface area contributed by atoms with Crippen molar-refractivity contribution in [1.29, 1.82) is 0 Å². The molecule has 2 bridgehead atoms. The smallest absolute Gasteiger partial charge is 0.224 e. The summed E-state index contributed by atoms with van der Waals surface area (Å²) in [7, 11) is 1.64. The number of methoxy groups -OCH3 is 1. The number of carbonyl (C=O) groups is 1. The molecule has 1 aromatic rings. The van der Waals surface area contributed by atoms with Crippen LogP contribution in [-0.2, 0) is 11.2 Å². The number of hydrogen-bond donors (Lipinski definition) is 2. The first kappa shape index (κ1) is 15.3. The third-order valence-corrected chi connectivity index (χ3v) is 5.20. The van der Waals surface area contributed by atoms with E-state index in [1.807, 2.05) is 24.3 Å². The van der Waals surface area contributed by atoms with Gasteiger partial charge in [-0.1, -0.05) is 18.6 Å². The fourth-order valence-electron chi connectivity index (χ4n) is 4.23. The van der Waals surface area contributed by atoms with Gasteiger partial charge in [-0.25, -0.2) is 0 Å². The quantitative estimate of drug-likeness (QED) is 0.896. The number of benzene rings is 1. The Morgan fingerprint density at radius 3 is 2.73 bits per heavy atom. The average Bonchev–Trinajstić information content (AvgIpc) is 2.48. The molecule has 2 atom stereocenters. The summed E-state index contributed by atoms with van der Waals surface area (Å²) in [6, 6.07) is 8.37. The molecule has 4 heteroatoms. The van der Waals surface area contributed by atoms with Crippen molar-refractivity contribution in [3.8, 4) is 5.75 Å². The normalized spacial score (nSPS) is 30.6. The van der Waals surface area contributed by atoms with E-state index in [1.165, 1.54) is 19.3 Å². The molecule has 0 aromatic heterocycles. The van der Waals surface area contributed by atoms with E-state index in [1.54, 1.807) is 7.11 Å². The molecule has 120 valence electrons. The summed E-state index contributed by atoms with van der Waals surface area (Å²) in [5.74, 6) is 2.05. The highest BCUT2D eigenvalue weighted by Gasteiger charge is 2.39. The molecule has 2 aliphatic carbocycles. The Bertz CT molecular complexity index is 518. The number of rotatable bonds is 4. The topological polar surface area (TPSA) is 64.3 Å². The van der Waals surface area contributed by atoms with Crippen LogP contribution in [0.5, 0.6) is 5.75 Å². The van der Waals surface area contributed by atoms with Crippen LogP contribution in [0.2, 0.25) is 0 Å². The lowest BCUT2D eigenvalue weighted by Gasteiger charge is -2.45. The van der Waals surface area contributed by atoms with Gasteiger partial charge in [0.25, 0.3) is 0 Å². The molecule has 2 fully saturated rings. The number of amides is 1. The van der Waals surface area contributed by atoms with Gasteiger partial charge in [-0.15, -0.1) is 0 Å². The third kappa shape index (κ3) is 3.43. The molecule has 0 saturated heterocycles. The Hall–Kier alpha value is -1.55. The van der Waals surface area contributed by atoms with Crippen molar-refractivity contribution in [3.05, 3.63) is 29.8 Å². The maximum Gasteiger partial charge on any atom is 0.224 e. The number of ether oxygens (including phenoxy) is 1. The summed E-state index contributed by atoms with van der Waals surface area (Å²) in [4.78, 5) is 12.4. The van der Waals surface area contributed by atoms with Crippen LogP contribution in [0, 0.1) is 11.8 Å². The monoisotopic (exact) mass is 302 g/mol. The first-order valence-corrected chi connectivity index (χ1v) is 8.33. The Morgan fingerprint density at radius 2 is 2.05 bits per heavy atom. The van der Waals surface area contributed by atoms with Crippen LogP contribution >= 0.6 is 0 Å². The molecule has 0 spiro atoms. The summed E-state index contributed by atoms with van der Waals surface area (Å²) in [6.07, 6.45) is 6.22. The summed E-state index contributed by atoms with van der Waals surface area (Å²) < 4.78 is 5.21. The Morgan fingerprint density at radius 1 is 1.32 bits per heavy atom. The lowest BCUT2D eigenvalue weighted by atomic mass is 9.67. The molecule has 0 radical (unpaired) electrons. The summed E-state index contributed by atoms with van der Waals surface area (Å²) in [6.45, 7) is 0. The Labute approximate surface area is 132 Å². The second-order valence-electron chi connectivity index (χ2n) is 6.80. The zero-order valence-corrected chi connectivity index (χ0v) is 13.3. The van der Waals surface area contributed by atoms with Gasteiger partial charge in [-0.3, -0.25) is 4.79 Å². The van der Waals surface area contributed by atoms with Crippen molar-refractivity contribution in [2.75, 3.05) is 7.11 Å². The second-order valence-corrected chi connectivity index (χ2v) is 6.80. The molecule has 4 nitrogen and oxygen atoms in total. The van der Waals surface area contributed by atoms with Gasteiger partial charge in [0, 0.05) is 12.1 Å². The number of nitrogens with two attached hydrogens (primary N) is 1. The first-order valence-electron chi connectivity index (χ1n) is 8.33. The van der Waals surface area contributed by atoms with Gasteiger partial charge >= 0.3 is 0 Å². The lowest BCUT2D eigenvalue weighted by Crippen LogP contribution is -2.54. The lowest BCUT2D eigenvalue weighted by molar-refractivity contribution is -0.122. The van der Waals surface area contributed by atoms with Gasteiger partial charge in [-0.05, 0) is 55.2 Å². The third-order valence-electron chi connectivity index (χ3n) is 5.20. The molecule has 1 aromatic carbocycles. The molecule has 1 amide bonds. The van der Waals surface area contributed by atoms with E-state index in [0.29, 0.717) is 30.3 Å². The minimum atomic E-state index is 0.116. The van der Waals surface area contributed by atoms with Crippen LogP contribution < -0.4 is 15.8 Å². The number of carbonyl (C=O) groups excluding carboxylic acids is 1. The van der Waals surface area contributed by atoms with Crippen LogP contribution in [0.4, 0.5) is 0 Å². The number of fused-ring (bicyclic) bond motifs is 2. The first-order chi connectivity index (χ1) is 10.7. The zero-order chi connectivity index (χ0) is 15.5. The molecule has 22 heavy (non-hydrogen) atoms. The number of nitrogens with one attached hydrogen (secondary N) is 1. The van der Waals surface area contributed by atoms with Crippen molar-refractivity contribution in [1.82, 2.24) is 5.32 Å². The van der Waals surface area contributed by atoms with Gasteiger partial charge in [0.15, 0.2) is 0 Å². The second kappa shape index (κ2) is 6.69. The largest absolute Gasteiger partial charge is 0.497 e. The molecule has 2 aliphatic rings. The van der Waals surface area contributed by atoms with E-state index >= 15 is 0 Å². The average molecular weight is 302 g/mol. The van der Waals surface area contributed by atoms with Gasteiger partial charge in [-0.2, -0.15) is 0 Å². The van der Waals surface area contributed by atoms with Crippen LogP contribution in [0.1, 0.15) is 37.7 Å². The minimum Gasteiger partial charge on any atom is -0.497 e. The fraction of sp³-hybridized carbons (Fsp3) is 0.611. The van der Waals surface area contributed by atoms with E-state index in [9.17, 15) is 4.79 Å². The van der Waals surface area contributed by atoms with Crippen molar-refractivity contribution in [3.63, 3.8) is 0 Å². The van der Waals surface area contributed by atoms with Gasteiger partial charge < -0.3 is 15.8 Å². The summed E-state index contributed by atoms with van der Waals surface area (Å²) in [5, 5.41) is 3.29. The van der Waals surface area contributed by atoms with E-state index in [-0.39, 0.29) is 5.91 Å². The molecular weight excluding hydrogens is 276 g/mol. The van der Waals surface area contributed by atoms with Crippen LogP contribution in [0.25, 0.3) is 0 Å². The summed E-state index contributed by atoms with van der Waals surface area (Å²) in [5.41, 5.74) is 7.14. The maximum atomic E-state index is 12.4. The van der Waals surface area contributed by atoms with Crippen molar-refractivity contribution >= 4 is 5.91 Å². The SMILES string of the molecule is COc1cccc(CC(=O)NC2C3CCCC2CC(N)C3)c1. The molecule has 2 saturated carbocycles. The van der Waals surface area contributed by atoms with Crippen molar-refractivity contribution < 1.29 is 9.53 Å². The standard InChI is InChI=1S/C18H26N2O2/c1-22-16-7-2-4-12(8-16)9-17(21)20-18-13-5-3-6-14(18)11-15(19)10-13/h2,4,7-8,13-15,18H,3,5-6,9-11,19H2,1H3,(H,20,21). The van der Waals surface area contributed by atoms with E-state index in [4.69, 9.17) is 10.5 Å². The molecular formula is C18H26N2O2. The predicted octanol–water partition coefficient (Wildman–Crippen LogP) is 2.26. The molecule has 0 heterocycles. The van der Waals surface area contributed by atoms with E-state index in [2.05, 4.69) is 5.32 Å². The van der Waals surface area contributed by atoms with Gasteiger partial charge in [0.1, 0.15) is 5.75 Å². The highest BCUT2D eigenvalue weighted by Crippen LogP contribution is 2.39. The molecule has 0 aliphatic heterocycles. The summed E-state index contributed by atoms with van der Waals surface area (Å²) >= 11 is 0.